The molecule has 0 aromatic carbocycles. The van der Waals surface area contributed by atoms with E-state index in [9.17, 15) is 19.8 Å². The summed E-state index contributed by atoms with van der Waals surface area (Å²) in [7, 11) is 1.97. The van der Waals surface area contributed by atoms with E-state index in [1.807, 2.05) is 7.05 Å². The number of aliphatic carboxylic acids is 2. The third-order valence-corrected chi connectivity index (χ3v) is 2.70. The van der Waals surface area contributed by atoms with Gasteiger partial charge in [-0.3, -0.25) is 0 Å². The van der Waals surface area contributed by atoms with Crippen LogP contribution in [0.3, 0.4) is 0 Å². The zero-order valence-electron chi connectivity index (χ0n) is 12.1. The number of rotatable bonds is 8. The van der Waals surface area contributed by atoms with Gasteiger partial charge in [-0.15, -0.1) is 0 Å². The molecule has 0 N–H and O–H groups in total. The maximum Gasteiger partial charge on any atom is 1.00 e. The molecule has 0 rings (SSSR count). The van der Waals surface area contributed by atoms with Crippen molar-refractivity contribution in [2.45, 2.75) is 39.2 Å². The van der Waals surface area contributed by atoms with Gasteiger partial charge in [0.05, 0.1) is 11.9 Å². The molecule has 0 saturated carbocycles. The molecule has 5 nitrogen and oxygen atoms in total. The molecule has 7 heteroatoms. The van der Waals surface area contributed by atoms with Crippen LogP contribution in [0.5, 0.6) is 0 Å². The van der Waals surface area contributed by atoms with Gasteiger partial charge in [0.1, 0.15) is 0 Å². The molecule has 0 heterocycles. The molecule has 0 atom stereocenters. The monoisotopic (exact) mass is 275 g/mol. The first-order valence-corrected chi connectivity index (χ1v) is 5.48. The Hall–Kier alpha value is 0.900. The van der Waals surface area contributed by atoms with Gasteiger partial charge in [0.2, 0.25) is 0 Å². The quantitative estimate of drug-likeness (QED) is 0.250. The van der Waals surface area contributed by atoms with Crippen LogP contribution in [0.4, 0.5) is 0 Å². The van der Waals surface area contributed by atoms with Gasteiger partial charge in [-0.05, 0) is 40.3 Å². The van der Waals surface area contributed by atoms with Crippen molar-refractivity contribution in [1.82, 2.24) is 4.90 Å². The molecule has 94 valence electrons. The van der Waals surface area contributed by atoms with E-state index in [-0.39, 0.29) is 65.5 Å². The van der Waals surface area contributed by atoms with Crippen LogP contribution in [-0.4, -0.2) is 36.5 Å². The van der Waals surface area contributed by atoms with E-state index >= 15 is 0 Å². The van der Waals surface area contributed by atoms with Crippen LogP contribution in [-0.2, 0) is 9.59 Å². The van der Waals surface area contributed by atoms with Crippen LogP contribution in [0, 0.1) is 5.92 Å². The number of hydrogen-bond acceptors (Lipinski definition) is 5. The Labute approximate surface area is 153 Å². The Morgan fingerprint density at radius 2 is 1.50 bits per heavy atom. The average molecular weight is 275 g/mol. The third kappa shape index (κ3) is 10.8. The summed E-state index contributed by atoms with van der Waals surface area (Å²) in [5.41, 5.74) is 0. The number of nitrogens with zero attached hydrogens (tertiary/aromatic N) is 1. The summed E-state index contributed by atoms with van der Waals surface area (Å²) < 4.78 is 0. The van der Waals surface area contributed by atoms with Gasteiger partial charge in [0.25, 0.3) is 0 Å². The molecule has 0 unspecified atom stereocenters. The van der Waals surface area contributed by atoms with Crippen molar-refractivity contribution in [3.8, 4) is 0 Å². The second-order valence-corrected chi connectivity index (χ2v) is 4.26. The maximum absolute atomic E-state index is 10.4. The number of carbonyl (C=O) groups excluding carboxylic acids is 2. The van der Waals surface area contributed by atoms with E-state index in [0.29, 0.717) is 12.5 Å². The van der Waals surface area contributed by atoms with E-state index in [1.165, 1.54) is 0 Å². The summed E-state index contributed by atoms with van der Waals surface area (Å²) in [4.78, 5) is 23.0. The fourth-order valence-electron chi connectivity index (χ4n) is 1.30. The Bertz CT molecular complexity index is 235. The van der Waals surface area contributed by atoms with E-state index in [4.69, 9.17) is 0 Å². The van der Waals surface area contributed by atoms with Crippen LogP contribution < -0.4 is 69.3 Å². The second-order valence-electron chi connectivity index (χ2n) is 4.26. The number of carboxylic acid groups (broad SMARTS) is 2. The van der Waals surface area contributed by atoms with Crippen LogP contribution in [0.15, 0.2) is 0 Å². The van der Waals surface area contributed by atoms with Gasteiger partial charge in [-0.2, -0.15) is 0 Å². The number of hydrogen-bond donors (Lipinski definition) is 0. The summed E-state index contributed by atoms with van der Waals surface area (Å²) >= 11 is 0. The molecule has 0 spiro atoms. The first kappa shape index (κ1) is 24.0. The zero-order chi connectivity index (χ0) is 12.7. The Morgan fingerprint density at radius 1 is 1.06 bits per heavy atom. The van der Waals surface area contributed by atoms with Crippen molar-refractivity contribution in [2.24, 2.45) is 5.92 Å². The molecule has 0 aliphatic rings. The molecule has 0 saturated heterocycles. The van der Waals surface area contributed by atoms with Crippen LogP contribution in [0.1, 0.15) is 33.1 Å². The minimum Gasteiger partial charge on any atom is -0.549 e. The topological polar surface area (TPSA) is 83.5 Å². The molecular weight excluding hydrogens is 256 g/mol. The van der Waals surface area contributed by atoms with Gasteiger partial charge in [0.15, 0.2) is 0 Å². The van der Waals surface area contributed by atoms with Crippen molar-refractivity contribution in [2.75, 3.05) is 13.6 Å². The van der Waals surface area contributed by atoms with Gasteiger partial charge < -0.3 is 24.7 Å². The van der Waals surface area contributed by atoms with Crippen molar-refractivity contribution < 1.29 is 78.9 Å². The first-order chi connectivity index (χ1) is 7.36. The van der Waals surface area contributed by atoms with Crippen molar-refractivity contribution in [1.29, 1.82) is 0 Å². The van der Waals surface area contributed by atoms with Gasteiger partial charge in [-0.1, -0.05) is 6.42 Å². The molecule has 0 fully saturated rings. The normalized spacial score (nSPS) is 10.1. The van der Waals surface area contributed by atoms with Crippen LogP contribution in [0.25, 0.3) is 0 Å². The second kappa shape index (κ2) is 12.9. The Kier molecular flexibility index (Phi) is 17.2. The minimum absolute atomic E-state index is 0. The predicted octanol–water partition coefficient (Wildman–Crippen LogP) is -7.38. The summed E-state index contributed by atoms with van der Waals surface area (Å²) in [5, 5.41) is 20.9. The van der Waals surface area contributed by atoms with E-state index in [0.717, 1.165) is 13.0 Å². The van der Waals surface area contributed by atoms with Crippen LogP contribution in [0.2, 0.25) is 0 Å². The molecule has 0 aliphatic heterocycles. The van der Waals surface area contributed by atoms with Crippen molar-refractivity contribution in [3.05, 3.63) is 0 Å². The van der Waals surface area contributed by atoms with E-state index < -0.39 is 17.9 Å². The summed E-state index contributed by atoms with van der Waals surface area (Å²) in [6.45, 7) is 4.95. The average Bonchev–Trinajstić information content (AvgIpc) is 2.15. The van der Waals surface area contributed by atoms with Gasteiger partial charge in [0, 0.05) is 12.0 Å². The van der Waals surface area contributed by atoms with E-state index in [1.54, 1.807) is 0 Å². The summed E-state index contributed by atoms with van der Waals surface area (Å²) in [6.07, 6.45) is 1.39. The largest absolute Gasteiger partial charge is 1.00 e. The SMILES string of the molecule is CC(C)N(C)CCCCC(C(=O)[O-])C(=O)[O-].[Na+].[Na+]. The maximum atomic E-state index is 10.4. The number of unbranched alkanes of at least 4 members (excludes halogenated alkanes) is 1. The molecule has 0 radical (unpaired) electrons. The fraction of sp³-hybridized carbons (Fsp3) is 0.818. The Balaban J connectivity index is -0.00000112. The molecule has 0 bridgehead atoms. The van der Waals surface area contributed by atoms with Crippen LogP contribution >= 0.6 is 0 Å². The van der Waals surface area contributed by atoms with Crippen molar-refractivity contribution >= 4 is 11.9 Å². The first-order valence-electron chi connectivity index (χ1n) is 5.48. The summed E-state index contributed by atoms with van der Waals surface area (Å²) in [6, 6.07) is 0.429. The van der Waals surface area contributed by atoms with E-state index in [2.05, 4.69) is 18.7 Å². The zero-order valence-corrected chi connectivity index (χ0v) is 16.1. The van der Waals surface area contributed by atoms with Crippen molar-refractivity contribution in [3.63, 3.8) is 0 Å². The smallest absolute Gasteiger partial charge is 0.549 e. The minimum atomic E-state index is -1.56. The number of carbonyl (C=O) groups is 2. The summed E-state index contributed by atoms with van der Waals surface area (Å²) in [5.74, 6) is -4.60. The molecular formula is C11H19NNa2O4. The third-order valence-electron chi connectivity index (χ3n) is 2.70. The van der Waals surface area contributed by atoms with Gasteiger partial charge >= 0.3 is 59.1 Å². The standard InChI is InChI=1S/C11H21NO4.2Na/c1-8(2)12(3)7-5-4-6-9(10(13)14)11(15)16;;/h8-9H,4-7H2,1-3H3,(H,13,14)(H,15,16);;/q;2*+1/p-2. The van der Waals surface area contributed by atoms with Gasteiger partial charge in [-0.25, -0.2) is 0 Å². The Morgan fingerprint density at radius 3 is 1.83 bits per heavy atom. The number of carboxylic acids is 2. The molecule has 0 aromatic heterocycles. The molecule has 0 aliphatic carbocycles. The molecule has 0 amide bonds. The molecule has 18 heavy (non-hydrogen) atoms. The molecule has 0 aromatic rings. The predicted molar refractivity (Wildman–Crippen MR) is 55.1 cm³/mol. The fourth-order valence-corrected chi connectivity index (χ4v) is 1.30.